The topological polar surface area (TPSA) is 38.3 Å². The van der Waals surface area contributed by atoms with Crippen molar-refractivity contribution < 1.29 is 9.53 Å². The Labute approximate surface area is 78.8 Å². The van der Waals surface area contributed by atoms with Crippen molar-refractivity contribution in [1.29, 1.82) is 0 Å². The first-order valence-electron chi connectivity index (χ1n) is 5.23. The highest BCUT2D eigenvalue weighted by Gasteiger charge is 2.42. The number of nitrogens with one attached hydrogen (secondary N) is 1. The number of ether oxygens (including phenoxy) is 1. The molecule has 3 atom stereocenters. The molecule has 3 heteroatoms. The summed E-state index contributed by atoms with van der Waals surface area (Å²) in [6.07, 6.45) is 3.77. The summed E-state index contributed by atoms with van der Waals surface area (Å²) in [6.45, 7) is 3.36. The van der Waals surface area contributed by atoms with E-state index < -0.39 is 0 Å². The minimum absolute atomic E-state index is 0.00699. The second kappa shape index (κ2) is 3.66. The molecule has 0 amide bonds. The summed E-state index contributed by atoms with van der Waals surface area (Å²) >= 11 is 0. The maximum absolute atomic E-state index is 11.5. The van der Waals surface area contributed by atoms with Crippen molar-refractivity contribution in [3.63, 3.8) is 0 Å². The van der Waals surface area contributed by atoms with Crippen LogP contribution in [0.1, 0.15) is 26.2 Å². The van der Waals surface area contributed by atoms with Crippen LogP contribution in [-0.2, 0) is 9.53 Å². The predicted molar refractivity (Wildman–Crippen MR) is 49.3 cm³/mol. The summed E-state index contributed by atoms with van der Waals surface area (Å²) in [6, 6.07) is -0.00699. The van der Waals surface area contributed by atoms with Crippen LogP contribution in [0, 0.1) is 11.8 Å². The number of hydrogen-bond acceptors (Lipinski definition) is 3. The third-order valence-electron chi connectivity index (χ3n) is 3.29. The SMILES string of the molecule is CCOC(=O)[C@H]1NC[C@@H]2CCC[C@H]21. The van der Waals surface area contributed by atoms with Crippen molar-refractivity contribution in [1.82, 2.24) is 5.32 Å². The smallest absolute Gasteiger partial charge is 0.323 e. The van der Waals surface area contributed by atoms with Crippen molar-refractivity contribution in [2.24, 2.45) is 11.8 Å². The second-order valence-corrected chi connectivity index (χ2v) is 3.99. The maximum Gasteiger partial charge on any atom is 0.323 e. The van der Waals surface area contributed by atoms with Crippen LogP contribution in [0.3, 0.4) is 0 Å². The van der Waals surface area contributed by atoms with Gasteiger partial charge in [0.15, 0.2) is 0 Å². The highest BCUT2D eigenvalue weighted by Crippen LogP contribution is 2.37. The van der Waals surface area contributed by atoms with Gasteiger partial charge in [-0.3, -0.25) is 4.79 Å². The number of carbonyl (C=O) groups excluding carboxylic acids is 1. The predicted octanol–water partition coefficient (Wildman–Crippen LogP) is 0.938. The fourth-order valence-corrected chi connectivity index (χ4v) is 2.68. The fraction of sp³-hybridized carbons (Fsp3) is 0.900. The molecule has 1 N–H and O–H groups in total. The lowest BCUT2D eigenvalue weighted by Crippen LogP contribution is -2.37. The summed E-state index contributed by atoms with van der Waals surface area (Å²) in [5.41, 5.74) is 0. The van der Waals surface area contributed by atoms with E-state index in [9.17, 15) is 4.79 Å². The molecule has 0 radical (unpaired) electrons. The molecule has 13 heavy (non-hydrogen) atoms. The molecule has 1 saturated heterocycles. The van der Waals surface area contributed by atoms with Crippen molar-refractivity contribution in [2.75, 3.05) is 13.2 Å². The van der Waals surface area contributed by atoms with Crippen LogP contribution in [0.25, 0.3) is 0 Å². The summed E-state index contributed by atoms with van der Waals surface area (Å²) in [4.78, 5) is 11.5. The monoisotopic (exact) mass is 183 g/mol. The van der Waals surface area contributed by atoms with Gasteiger partial charge in [-0.25, -0.2) is 0 Å². The molecule has 2 aliphatic rings. The van der Waals surface area contributed by atoms with Crippen LogP contribution < -0.4 is 5.32 Å². The normalized spacial score (nSPS) is 37.5. The lowest BCUT2D eigenvalue weighted by atomic mass is 9.94. The highest BCUT2D eigenvalue weighted by molar-refractivity contribution is 5.76. The second-order valence-electron chi connectivity index (χ2n) is 3.99. The molecule has 0 spiro atoms. The molecule has 0 aromatic heterocycles. The molecule has 2 rings (SSSR count). The van der Waals surface area contributed by atoms with Crippen molar-refractivity contribution in [3.8, 4) is 0 Å². The van der Waals surface area contributed by atoms with Gasteiger partial charge in [0, 0.05) is 0 Å². The van der Waals surface area contributed by atoms with E-state index in [-0.39, 0.29) is 12.0 Å². The van der Waals surface area contributed by atoms with Gasteiger partial charge in [-0.05, 0) is 38.1 Å². The van der Waals surface area contributed by atoms with Gasteiger partial charge in [0.2, 0.25) is 0 Å². The third kappa shape index (κ3) is 1.57. The molecular weight excluding hydrogens is 166 g/mol. The average molecular weight is 183 g/mol. The Hall–Kier alpha value is -0.570. The maximum atomic E-state index is 11.5. The first kappa shape index (κ1) is 9.00. The molecular formula is C10H17NO2. The fourth-order valence-electron chi connectivity index (χ4n) is 2.68. The molecule has 1 heterocycles. The van der Waals surface area contributed by atoms with Crippen LogP contribution >= 0.6 is 0 Å². The number of esters is 1. The van der Waals surface area contributed by atoms with Gasteiger partial charge in [0.1, 0.15) is 6.04 Å². The summed E-state index contributed by atoms with van der Waals surface area (Å²) in [7, 11) is 0. The van der Waals surface area contributed by atoms with E-state index in [2.05, 4.69) is 5.32 Å². The van der Waals surface area contributed by atoms with E-state index in [1.54, 1.807) is 0 Å². The van der Waals surface area contributed by atoms with Gasteiger partial charge in [-0.15, -0.1) is 0 Å². The molecule has 0 unspecified atom stereocenters. The molecule has 1 aliphatic heterocycles. The van der Waals surface area contributed by atoms with Gasteiger partial charge in [-0.1, -0.05) is 6.42 Å². The van der Waals surface area contributed by atoms with E-state index in [4.69, 9.17) is 4.74 Å². The molecule has 0 bridgehead atoms. The number of hydrogen-bond donors (Lipinski definition) is 1. The molecule has 1 saturated carbocycles. The zero-order chi connectivity index (χ0) is 9.26. The van der Waals surface area contributed by atoms with E-state index in [1.165, 1.54) is 19.3 Å². The van der Waals surface area contributed by atoms with Crippen molar-refractivity contribution >= 4 is 5.97 Å². The number of fused-ring (bicyclic) bond motifs is 1. The van der Waals surface area contributed by atoms with E-state index in [0.717, 1.165) is 12.5 Å². The molecule has 0 aromatic carbocycles. The minimum Gasteiger partial charge on any atom is -0.465 e. The first-order chi connectivity index (χ1) is 6.33. The number of rotatable bonds is 2. The van der Waals surface area contributed by atoms with Crippen molar-refractivity contribution in [3.05, 3.63) is 0 Å². The van der Waals surface area contributed by atoms with E-state index >= 15 is 0 Å². The molecule has 0 aromatic rings. The largest absolute Gasteiger partial charge is 0.465 e. The molecule has 3 nitrogen and oxygen atoms in total. The van der Waals surface area contributed by atoms with E-state index in [1.807, 2.05) is 6.92 Å². The average Bonchev–Trinajstić information content (AvgIpc) is 2.62. The molecule has 1 aliphatic carbocycles. The van der Waals surface area contributed by atoms with Gasteiger partial charge in [-0.2, -0.15) is 0 Å². The van der Waals surface area contributed by atoms with Gasteiger partial charge < -0.3 is 10.1 Å². The molecule has 2 fully saturated rings. The summed E-state index contributed by atoms with van der Waals surface area (Å²) in [5, 5.41) is 3.27. The van der Waals surface area contributed by atoms with Crippen LogP contribution in [0.15, 0.2) is 0 Å². The minimum atomic E-state index is -0.0445. The van der Waals surface area contributed by atoms with Crippen LogP contribution in [0.5, 0.6) is 0 Å². The Morgan fingerprint density at radius 1 is 1.54 bits per heavy atom. The summed E-state index contributed by atoms with van der Waals surface area (Å²) < 4.78 is 5.03. The van der Waals surface area contributed by atoms with Crippen LogP contribution in [0.2, 0.25) is 0 Å². The third-order valence-corrected chi connectivity index (χ3v) is 3.29. The molecule has 74 valence electrons. The van der Waals surface area contributed by atoms with Crippen LogP contribution in [0.4, 0.5) is 0 Å². The van der Waals surface area contributed by atoms with Crippen molar-refractivity contribution in [2.45, 2.75) is 32.2 Å². The number of carbonyl (C=O) groups is 1. The zero-order valence-corrected chi connectivity index (χ0v) is 8.08. The lowest BCUT2D eigenvalue weighted by molar-refractivity contribution is -0.146. The zero-order valence-electron chi connectivity index (χ0n) is 8.08. The Kier molecular flexibility index (Phi) is 2.54. The van der Waals surface area contributed by atoms with Gasteiger partial charge >= 0.3 is 5.97 Å². The first-order valence-corrected chi connectivity index (χ1v) is 5.23. The van der Waals surface area contributed by atoms with Gasteiger partial charge in [0.25, 0.3) is 0 Å². The van der Waals surface area contributed by atoms with Gasteiger partial charge in [0.05, 0.1) is 6.61 Å². The Morgan fingerprint density at radius 2 is 2.38 bits per heavy atom. The van der Waals surface area contributed by atoms with Crippen LogP contribution in [-0.4, -0.2) is 25.2 Å². The standard InChI is InChI=1S/C10H17NO2/c1-2-13-10(12)9-8-5-3-4-7(8)6-11-9/h7-9,11H,2-6H2,1H3/t7-,8+,9-/m0/s1. The Bertz CT molecular complexity index is 205. The Morgan fingerprint density at radius 3 is 3.15 bits per heavy atom. The Balaban J connectivity index is 1.96. The van der Waals surface area contributed by atoms with E-state index in [0.29, 0.717) is 12.5 Å². The highest BCUT2D eigenvalue weighted by atomic mass is 16.5. The summed E-state index contributed by atoms with van der Waals surface area (Å²) in [5.74, 6) is 1.24. The lowest BCUT2D eigenvalue weighted by Gasteiger charge is -2.15. The quantitative estimate of drug-likeness (QED) is 0.647.